The van der Waals surface area contributed by atoms with Crippen molar-refractivity contribution in [3.05, 3.63) is 29.8 Å². The highest BCUT2D eigenvalue weighted by atomic mass is 16.5. The van der Waals surface area contributed by atoms with Crippen LogP contribution in [0, 0.1) is 0 Å². The van der Waals surface area contributed by atoms with Crippen molar-refractivity contribution in [2.75, 3.05) is 33.4 Å². The van der Waals surface area contributed by atoms with Crippen molar-refractivity contribution in [1.29, 1.82) is 0 Å². The predicted molar refractivity (Wildman–Crippen MR) is 79.2 cm³/mol. The zero-order chi connectivity index (χ0) is 14.7. The average Bonchev–Trinajstić information content (AvgIpc) is 3.04. The van der Waals surface area contributed by atoms with Crippen LogP contribution in [0.4, 0.5) is 0 Å². The van der Waals surface area contributed by atoms with Gasteiger partial charge in [0.2, 0.25) is 0 Å². The van der Waals surface area contributed by atoms with Gasteiger partial charge in [0, 0.05) is 24.7 Å². The molecular weight excluding hydrogens is 268 g/mol. The molecular formula is C15H20N4O2. The first kappa shape index (κ1) is 14.0. The molecule has 1 unspecified atom stereocenters. The zero-order valence-electron chi connectivity index (χ0n) is 12.4. The van der Waals surface area contributed by atoms with E-state index in [0.717, 1.165) is 37.7 Å². The van der Waals surface area contributed by atoms with Crippen LogP contribution in [-0.4, -0.2) is 53.5 Å². The smallest absolute Gasteiger partial charge is 0.335 e. The van der Waals surface area contributed by atoms with E-state index in [4.69, 9.17) is 9.47 Å². The Morgan fingerprint density at radius 1 is 1.24 bits per heavy atom. The molecule has 21 heavy (non-hydrogen) atoms. The molecule has 1 aliphatic heterocycles. The fourth-order valence-electron chi connectivity index (χ4n) is 2.56. The van der Waals surface area contributed by atoms with Gasteiger partial charge in [-0.15, -0.1) is 5.10 Å². The molecule has 112 valence electrons. The summed E-state index contributed by atoms with van der Waals surface area (Å²) in [5.74, 6) is 0.720. The number of hydrogen-bond acceptors (Lipinski definition) is 5. The maximum absolute atomic E-state index is 5.40. The second-order valence-electron chi connectivity index (χ2n) is 5.12. The molecule has 1 N–H and O–H groups in total. The number of nitrogens with zero attached hydrogens (tertiary/aromatic N) is 3. The van der Waals surface area contributed by atoms with Crippen molar-refractivity contribution >= 4 is 0 Å². The van der Waals surface area contributed by atoms with Crippen LogP contribution in [0.15, 0.2) is 24.3 Å². The van der Waals surface area contributed by atoms with E-state index in [2.05, 4.69) is 51.3 Å². The van der Waals surface area contributed by atoms with Gasteiger partial charge >= 0.3 is 6.01 Å². The molecule has 6 nitrogen and oxygen atoms in total. The van der Waals surface area contributed by atoms with Crippen LogP contribution in [0.3, 0.4) is 0 Å². The maximum Gasteiger partial charge on any atom is 0.335 e. The molecule has 6 heteroatoms. The van der Waals surface area contributed by atoms with Crippen molar-refractivity contribution in [2.45, 2.75) is 13.0 Å². The molecule has 1 fully saturated rings. The quantitative estimate of drug-likeness (QED) is 0.930. The number of nitrogens with one attached hydrogen (secondary N) is 1. The van der Waals surface area contributed by atoms with Gasteiger partial charge in [0.25, 0.3) is 0 Å². The lowest BCUT2D eigenvalue weighted by atomic mass is 10.0. The summed E-state index contributed by atoms with van der Waals surface area (Å²) in [4.78, 5) is 6.69. The van der Waals surface area contributed by atoms with Crippen LogP contribution in [0.2, 0.25) is 0 Å². The number of aromatic nitrogens is 3. The molecule has 0 saturated carbocycles. The van der Waals surface area contributed by atoms with Gasteiger partial charge in [-0.05, 0) is 12.5 Å². The van der Waals surface area contributed by atoms with E-state index >= 15 is 0 Å². The fraction of sp³-hybridized carbons (Fsp3) is 0.467. The van der Waals surface area contributed by atoms with E-state index in [1.165, 1.54) is 5.56 Å². The Balaban J connectivity index is 1.73. The highest BCUT2D eigenvalue weighted by molar-refractivity contribution is 5.55. The minimum Gasteiger partial charge on any atom is -0.466 e. The Hall–Kier alpha value is -1.92. The minimum atomic E-state index is 0.357. The third-order valence-corrected chi connectivity index (χ3v) is 3.91. The van der Waals surface area contributed by atoms with Crippen LogP contribution in [0.25, 0.3) is 11.4 Å². The van der Waals surface area contributed by atoms with Crippen LogP contribution >= 0.6 is 0 Å². The summed E-state index contributed by atoms with van der Waals surface area (Å²) in [6, 6.07) is 9.16. The summed E-state index contributed by atoms with van der Waals surface area (Å²) in [5.41, 5.74) is 2.30. The molecule has 1 aromatic heterocycles. The van der Waals surface area contributed by atoms with Crippen molar-refractivity contribution in [3.8, 4) is 17.4 Å². The normalized spacial score (nSPS) is 17.6. The van der Waals surface area contributed by atoms with E-state index in [1.807, 2.05) is 0 Å². The molecule has 1 aliphatic rings. The summed E-state index contributed by atoms with van der Waals surface area (Å²) in [6.07, 6.45) is 0. The zero-order valence-corrected chi connectivity index (χ0v) is 12.4. The van der Waals surface area contributed by atoms with Gasteiger partial charge in [-0.3, -0.25) is 10.00 Å². The molecule has 0 bridgehead atoms. The van der Waals surface area contributed by atoms with E-state index in [0.29, 0.717) is 12.1 Å². The SMILES string of the molecule is COc1n[nH]c(-c2ccc(C(C)N3CCOCC3)cc2)n1. The Morgan fingerprint density at radius 2 is 1.95 bits per heavy atom. The first-order valence-corrected chi connectivity index (χ1v) is 7.16. The van der Waals surface area contributed by atoms with Crippen molar-refractivity contribution < 1.29 is 9.47 Å². The van der Waals surface area contributed by atoms with Crippen LogP contribution in [-0.2, 0) is 4.74 Å². The average molecular weight is 288 g/mol. The van der Waals surface area contributed by atoms with Crippen LogP contribution in [0.1, 0.15) is 18.5 Å². The minimum absolute atomic E-state index is 0.357. The molecule has 0 spiro atoms. The van der Waals surface area contributed by atoms with Crippen LogP contribution in [0.5, 0.6) is 6.01 Å². The van der Waals surface area contributed by atoms with Gasteiger partial charge in [0.15, 0.2) is 5.82 Å². The summed E-state index contributed by atoms with van der Waals surface area (Å²) >= 11 is 0. The van der Waals surface area contributed by atoms with Gasteiger partial charge in [-0.2, -0.15) is 4.98 Å². The molecule has 0 radical (unpaired) electrons. The fourth-order valence-corrected chi connectivity index (χ4v) is 2.56. The summed E-state index contributed by atoms with van der Waals surface area (Å²) < 4.78 is 10.4. The summed E-state index contributed by atoms with van der Waals surface area (Å²) in [7, 11) is 1.56. The number of rotatable bonds is 4. The van der Waals surface area contributed by atoms with E-state index in [9.17, 15) is 0 Å². The number of H-pyrrole nitrogens is 1. The third-order valence-electron chi connectivity index (χ3n) is 3.91. The Bertz CT molecular complexity index is 576. The van der Waals surface area contributed by atoms with E-state index in [-0.39, 0.29) is 0 Å². The molecule has 2 aromatic rings. The van der Waals surface area contributed by atoms with Gasteiger partial charge in [0.1, 0.15) is 0 Å². The Morgan fingerprint density at radius 3 is 2.57 bits per heavy atom. The molecule has 2 heterocycles. The lowest BCUT2D eigenvalue weighted by molar-refractivity contribution is 0.0198. The molecule has 3 rings (SSSR count). The Labute approximate surface area is 124 Å². The standard InChI is InChI=1S/C15H20N4O2/c1-11(19-7-9-21-10-8-19)12-3-5-13(6-4-12)14-16-15(20-2)18-17-14/h3-6,11H,7-10H2,1-2H3,(H,16,17,18). The number of hydrogen-bond donors (Lipinski definition) is 1. The maximum atomic E-state index is 5.40. The highest BCUT2D eigenvalue weighted by Crippen LogP contribution is 2.24. The molecule has 0 aliphatic carbocycles. The van der Waals surface area contributed by atoms with Crippen molar-refractivity contribution in [2.24, 2.45) is 0 Å². The van der Waals surface area contributed by atoms with Gasteiger partial charge in [-0.25, -0.2) is 0 Å². The molecule has 0 amide bonds. The molecule has 1 saturated heterocycles. The number of morpholine rings is 1. The number of methoxy groups -OCH3 is 1. The lowest BCUT2D eigenvalue weighted by Gasteiger charge is -2.32. The van der Waals surface area contributed by atoms with Gasteiger partial charge < -0.3 is 9.47 Å². The number of ether oxygens (including phenoxy) is 2. The second-order valence-corrected chi connectivity index (χ2v) is 5.12. The number of benzene rings is 1. The van der Waals surface area contributed by atoms with Crippen LogP contribution < -0.4 is 4.74 Å². The lowest BCUT2D eigenvalue weighted by Crippen LogP contribution is -2.37. The highest BCUT2D eigenvalue weighted by Gasteiger charge is 2.18. The summed E-state index contributed by atoms with van der Waals surface area (Å²) in [5, 5.41) is 6.83. The van der Waals surface area contributed by atoms with Crippen molar-refractivity contribution in [1.82, 2.24) is 20.1 Å². The van der Waals surface area contributed by atoms with Gasteiger partial charge in [0.05, 0.1) is 20.3 Å². The number of aromatic amines is 1. The first-order valence-electron chi connectivity index (χ1n) is 7.16. The second kappa shape index (κ2) is 6.24. The predicted octanol–water partition coefficient (Wildman–Crippen LogP) is 1.87. The van der Waals surface area contributed by atoms with E-state index in [1.54, 1.807) is 7.11 Å². The third kappa shape index (κ3) is 3.06. The molecule has 1 aromatic carbocycles. The largest absolute Gasteiger partial charge is 0.466 e. The van der Waals surface area contributed by atoms with E-state index < -0.39 is 0 Å². The summed E-state index contributed by atoms with van der Waals surface area (Å²) in [6.45, 7) is 5.85. The van der Waals surface area contributed by atoms with Gasteiger partial charge in [-0.1, -0.05) is 24.3 Å². The monoisotopic (exact) mass is 288 g/mol. The Kier molecular flexibility index (Phi) is 4.17. The topological polar surface area (TPSA) is 63.3 Å². The molecule has 1 atom stereocenters. The first-order chi connectivity index (χ1) is 10.3. The van der Waals surface area contributed by atoms with Crippen molar-refractivity contribution in [3.63, 3.8) is 0 Å².